The van der Waals surface area contributed by atoms with E-state index in [0.717, 1.165) is 12.0 Å². The number of benzene rings is 3. The SMILES string of the molecule is O=C(O)CCCCc1nc2cc(C(=O)N3CC[C@@H](c4ccccc4)C3)c(F)cc2nc1-c1ccc(F)cc1. The van der Waals surface area contributed by atoms with Crippen LogP contribution in [0.25, 0.3) is 22.3 Å². The lowest BCUT2D eigenvalue weighted by atomic mass is 9.99. The first-order chi connectivity index (χ1) is 18.4. The topological polar surface area (TPSA) is 83.4 Å². The van der Waals surface area contributed by atoms with Crippen molar-refractivity contribution in [3.8, 4) is 11.3 Å². The van der Waals surface area contributed by atoms with Gasteiger partial charge in [0.25, 0.3) is 5.91 Å². The van der Waals surface area contributed by atoms with Crippen molar-refractivity contribution < 1.29 is 23.5 Å². The van der Waals surface area contributed by atoms with Gasteiger partial charge in [-0.05, 0) is 61.6 Å². The van der Waals surface area contributed by atoms with Crippen LogP contribution in [-0.4, -0.2) is 44.9 Å². The lowest BCUT2D eigenvalue weighted by Gasteiger charge is -2.18. The summed E-state index contributed by atoms with van der Waals surface area (Å²) in [5.41, 5.74) is 3.48. The Kier molecular flexibility index (Phi) is 7.40. The van der Waals surface area contributed by atoms with Gasteiger partial charge in [0.05, 0.1) is 28.0 Å². The van der Waals surface area contributed by atoms with E-state index in [9.17, 15) is 14.0 Å². The molecule has 0 saturated carbocycles. The molecule has 1 aromatic heterocycles. The molecule has 0 aliphatic carbocycles. The molecule has 3 aromatic carbocycles. The molecule has 194 valence electrons. The van der Waals surface area contributed by atoms with E-state index >= 15 is 4.39 Å². The Balaban J connectivity index is 1.45. The number of nitrogens with zero attached hydrogens (tertiary/aromatic N) is 3. The molecule has 6 nitrogen and oxygen atoms in total. The summed E-state index contributed by atoms with van der Waals surface area (Å²) in [6.07, 6.45) is 2.31. The minimum absolute atomic E-state index is 0.0383. The van der Waals surface area contributed by atoms with Crippen molar-refractivity contribution in [2.45, 2.75) is 38.0 Å². The maximum atomic E-state index is 15.2. The molecule has 0 radical (unpaired) electrons. The van der Waals surface area contributed by atoms with Gasteiger partial charge in [-0.15, -0.1) is 0 Å². The number of halogens is 2. The number of rotatable bonds is 8. The Morgan fingerprint density at radius 1 is 0.947 bits per heavy atom. The van der Waals surface area contributed by atoms with Crippen LogP contribution in [0.2, 0.25) is 0 Å². The van der Waals surface area contributed by atoms with Gasteiger partial charge in [0, 0.05) is 37.1 Å². The van der Waals surface area contributed by atoms with Gasteiger partial charge in [-0.25, -0.2) is 18.7 Å². The van der Waals surface area contributed by atoms with Crippen LogP contribution in [0.3, 0.4) is 0 Å². The molecule has 1 aliphatic rings. The number of aryl methyl sites for hydroxylation is 1. The molecule has 5 rings (SSSR count). The first-order valence-corrected chi connectivity index (χ1v) is 12.7. The first-order valence-electron chi connectivity index (χ1n) is 12.7. The molecule has 1 saturated heterocycles. The highest BCUT2D eigenvalue weighted by Gasteiger charge is 2.29. The van der Waals surface area contributed by atoms with Crippen molar-refractivity contribution in [2.24, 2.45) is 0 Å². The molecule has 1 fully saturated rings. The average molecular weight is 516 g/mol. The molecule has 1 atom stereocenters. The van der Waals surface area contributed by atoms with Gasteiger partial charge in [-0.3, -0.25) is 9.59 Å². The fourth-order valence-electron chi connectivity index (χ4n) is 4.97. The summed E-state index contributed by atoms with van der Waals surface area (Å²) < 4.78 is 28.8. The molecule has 8 heteroatoms. The Hall–Kier alpha value is -4.20. The summed E-state index contributed by atoms with van der Waals surface area (Å²) in [5, 5.41) is 8.96. The molecule has 4 aromatic rings. The third-order valence-electron chi connectivity index (χ3n) is 6.97. The third-order valence-corrected chi connectivity index (χ3v) is 6.97. The zero-order chi connectivity index (χ0) is 26.6. The quantitative estimate of drug-likeness (QED) is 0.291. The molecule has 2 heterocycles. The second-order valence-electron chi connectivity index (χ2n) is 9.59. The normalized spacial score (nSPS) is 15.2. The largest absolute Gasteiger partial charge is 0.481 e. The van der Waals surface area contributed by atoms with Crippen LogP contribution in [0.1, 0.15) is 53.2 Å². The maximum Gasteiger partial charge on any atom is 0.303 e. The summed E-state index contributed by atoms with van der Waals surface area (Å²) in [6, 6.07) is 18.5. The standard InChI is InChI=1S/C30H27F2N3O3/c31-22-12-10-20(11-13-22)29-25(8-4-5-9-28(36)37)33-26-16-23(24(32)17-27(26)34-29)30(38)35-15-14-21(18-35)19-6-2-1-3-7-19/h1-3,6-7,10-13,16-17,21H,4-5,8-9,14-15,18H2,(H,36,37)/t21-/m1/s1. The van der Waals surface area contributed by atoms with Crippen molar-refractivity contribution in [1.29, 1.82) is 0 Å². The Labute approximate surface area is 219 Å². The van der Waals surface area contributed by atoms with Crippen molar-refractivity contribution >= 4 is 22.9 Å². The van der Waals surface area contributed by atoms with E-state index in [1.165, 1.54) is 24.3 Å². The van der Waals surface area contributed by atoms with Crippen LogP contribution < -0.4 is 0 Å². The molecule has 0 spiro atoms. The van der Waals surface area contributed by atoms with Crippen molar-refractivity contribution in [3.05, 3.63) is 95.2 Å². The number of carboxylic acid groups (broad SMARTS) is 1. The Bertz CT molecular complexity index is 1480. The fourth-order valence-corrected chi connectivity index (χ4v) is 4.97. The number of aliphatic carboxylic acids is 1. The van der Waals surface area contributed by atoms with Gasteiger partial charge in [-0.1, -0.05) is 30.3 Å². The van der Waals surface area contributed by atoms with Crippen molar-refractivity contribution in [1.82, 2.24) is 14.9 Å². The number of hydrogen-bond acceptors (Lipinski definition) is 4. The predicted molar refractivity (Wildman–Crippen MR) is 140 cm³/mol. The molecule has 0 unspecified atom stereocenters. The van der Waals surface area contributed by atoms with E-state index in [4.69, 9.17) is 10.1 Å². The van der Waals surface area contributed by atoms with E-state index in [-0.39, 0.29) is 29.3 Å². The second kappa shape index (κ2) is 11.0. The smallest absolute Gasteiger partial charge is 0.303 e. The van der Waals surface area contributed by atoms with E-state index in [1.807, 2.05) is 30.3 Å². The molecular formula is C30H27F2N3O3. The minimum Gasteiger partial charge on any atom is -0.481 e. The van der Waals surface area contributed by atoms with Gasteiger partial charge < -0.3 is 10.0 Å². The number of likely N-dealkylation sites (tertiary alicyclic amines) is 1. The predicted octanol–water partition coefficient (Wildman–Crippen LogP) is 6.00. The van der Waals surface area contributed by atoms with Crippen LogP contribution in [0, 0.1) is 11.6 Å². The Morgan fingerprint density at radius 2 is 1.68 bits per heavy atom. The van der Waals surface area contributed by atoms with Crippen LogP contribution in [0.15, 0.2) is 66.7 Å². The van der Waals surface area contributed by atoms with Crippen LogP contribution in [0.4, 0.5) is 8.78 Å². The zero-order valence-electron chi connectivity index (χ0n) is 20.7. The number of hydrogen-bond donors (Lipinski definition) is 1. The van der Waals surface area contributed by atoms with Crippen LogP contribution >= 0.6 is 0 Å². The summed E-state index contributed by atoms with van der Waals surface area (Å²) in [5.74, 6) is -2.10. The van der Waals surface area contributed by atoms with Gasteiger partial charge in [0.15, 0.2) is 0 Å². The summed E-state index contributed by atoms with van der Waals surface area (Å²) in [6.45, 7) is 1.06. The fraction of sp³-hybridized carbons (Fsp3) is 0.267. The maximum absolute atomic E-state index is 15.2. The van der Waals surface area contributed by atoms with Gasteiger partial charge in [0.1, 0.15) is 11.6 Å². The summed E-state index contributed by atoms with van der Waals surface area (Å²) in [7, 11) is 0. The summed E-state index contributed by atoms with van der Waals surface area (Å²) in [4.78, 5) is 35.3. The number of fused-ring (bicyclic) bond motifs is 1. The Morgan fingerprint density at radius 3 is 2.42 bits per heavy atom. The van der Waals surface area contributed by atoms with E-state index in [0.29, 0.717) is 54.8 Å². The lowest BCUT2D eigenvalue weighted by Crippen LogP contribution is -2.29. The molecule has 1 aliphatic heterocycles. The number of unbranched alkanes of at least 4 members (excludes halogenated alkanes) is 1. The van der Waals surface area contributed by atoms with E-state index in [2.05, 4.69) is 4.98 Å². The number of carboxylic acids is 1. The van der Waals surface area contributed by atoms with Crippen molar-refractivity contribution in [3.63, 3.8) is 0 Å². The first kappa shape index (κ1) is 25.4. The lowest BCUT2D eigenvalue weighted by molar-refractivity contribution is -0.137. The number of aromatic nitrogens is 2. The monoisotopic (exact) mass is 515 g/mol. The highest BCUT2D eigenvalue weighted by Crippen LogP contribution is 2.30. The third kappa shape index (κ3) is 5.54. The number of carbonyl (C=O) groups excluding carboxylic acids is 1. The summed E-state index contributed by atoms with van der Waals surface area (Å²) >= 11 is 0. The highest BCUT2D eigenvalue weighted by molar-refractivity contribution is 5.98. The molecule has 1 amide bonds. The van der Waals surface area contributed by atoms with Crippen molar-refractivity contribution in [2.75, 3.05) is 13.1 Å². The molecule has 0 bridgehead atoms. The second-order valence-corrected chi connectivity index (χ2v) is 9.59. The highest BCUT2D eigenvalue weighted by atomic mass is 19.1. The van der Waals surface area contributed by atoms with Gasteiger partial charge in [0.2, 0.25) is 0 Å². The minimum atomic E-state index is -0.872. The number of carbonyl (C=O) groups is 2. The van der Waals surface area contributed by atoms with E-state index < -0.39 is 17.6 Å². The molecular weight excluding hydrogens is 488 g/mol. The average Bonchev–Trinajstić information content (AvgIpc) is 3.41. The molecule has 1 N–H and O–H groups in total. The van der Waals surface area contributed by atoms with Gasteiger partial charge in [-0.2, -0.15) is 0 Å². The zero-order valence-corrected chi connectivity index (χ0v) is 20.7. The van der Waals surface area contributed by atoms with Crippen LogP contribution in [0.5, 0.6) is 0 Å². The van der Waals surface area contributed by atoms with E-state index in [1.54, 1.807) is 17.0 Å². The van der Waals surface area contributed by atoms with Gasteiger partial charge >= 0.3 is 5.97 Å². The molecule has 38 heavy (non-hydrogen) atoms. The number of amides is 1. The van der Waals surface area contributed by atoms with Crippen LogP contribution in [-0.2, 0) is 11.2 Å².